The first-order valence-corrected chi connectivity index (χ1v) is 5.77. The molecule has 1 aromatic rings. The van der Waals surface area contributed by atoms with Crippen molar-refractivity contribution in [2.24, 2.45) is 11.8 Å². The number of carboxylic acid groups (broad SMARTS) is 1. The van der Waals surface area contributed by atoms with E-state index in [0.29, 0.717) is 11.8 Å². The maximum absolute atomic E-state index is 11.0. The van der Waals surface area contributed by atoms with Crippen LogP contribution < -0.4 is 4.74 Å². The lowest BCUT2D eigenvalue weighted by Gasteiger charge is -2.20. The van der Waals surface area contributed by atoms with Crippen molar-refractivity contribution >= 4 is 5.97 Å². The Morgan fingerprint density at radius 2 is 2.29 bits per heavy atom. The van der Waals surface area contributed by atoms with Crippen molar-refractivity contribution < 1.29 is 14.6 Å². The molecule has 17 heavy (non-hydrogen) atoms. The van der Waals surface area contributed by atoms with E-state index >= 15 is 0 Å². The summed E-state index contributed by atoms with van der Waals surface area (Å²) in [7, 11) is 0. The van der Waals surface area contributed by atoms with E-state index in [1.54, 1.807) is 12.3 Å². The molecule has 2 aliphatic rings. The molecule has 4 heteroatoms. The summed E-state index contributed by atoms with van der Waals surface area (Å²) >= 11 is 0. The van der Waals surface area contributed by atoms with Crippen molar-refractivity contribution in [2.45, 2.75) is 18.9 Å². The van der Waals surface area contributed by atoms with Crippen LogP contribution in [0.25, 0.3) is 0 Å². The summed E-state index contributed by atoms with van der Waals surface area (Å²) in [6.07, 6.45) is 8.13. The summed E-state index contributed by atoms with van der Waals surface area (Å²) in [6, 6.07) is 3.13. The highest BCUT2D eigenvalue weighted by molar-refractivity contribution is 5.90. The number of fused-ring (bicyclic) bond motifs is 2. The third kappa shape index (κ3) is 1.79. The average molecular weight is 231 g/mol. The summed E-state index contributed by atoms with van der Waals surface area (Å²) in [5.74, 6) is 0.267. The van der Waals surface area contributed by atoms with Crippen molar-refractivity contribution in [1.82, 2.24) is 4.98 Å². The number of allylic oxidation sites excluding steroid dienone is 1. The molecular formula is C13H13NO3. The number of ether oxygens (including phenoxy) is 1. The van der Waals surface area contributed by atoms with Gasteiger partial charge < -0.3 is 9.84 Å². The highest BCUT2D eigenvalue weighted by Crippen LogP contribution is 2.41. The van der Waals surface area contributed by atoms with Crippen molar-refractivity contribution in [1.29, 1.82) is 0 Å². The monoisotopic (exact) mass is 231 g/mol. The molecule has 88 valence electrons. The summed E-state index contributed by atoms with van der Waals surface area (Å²) in [4.78, 5) is 15.0. The van der Waals surface area contributed by atoms with Gasteiger partial charge in [0.1, 0.15) is 11.7 Å². The minimum Gasteiger partial charge on any atom is -0.477 e. The Hall–Kier alpha value is -1.84. The second-order valence-corrected chi connectivity index (χ2v) is 4.60. The van der Waals surface area contributed by atoms with Gasteiger partial charge in [-0.25, -0.2) is 9.78 Å². The Balaban J connectivity index is 1.81. The number of carboxylic acids is 1. The van der Waals surface area contributed by atoms with Crippen molar-refractivity contribution in [3.8, 4) is 5.88 Å². The predicted molar refractivity (Wildman–Crippen MR) is 61.0 cm³/mol. The molecule has 1 N–H and O–H groups in total. The van der Waals surface area contributed by atoms with Gasteiger partial charge in [0, 0.05) is 12.1 Å². The number of aromatic nitrogens is 1. The van der Waals surface area contributed by atoms with Gasteiger partial charge in [0.15, 0.2) is 0 Å². The van der Waals surface area contributed by atoms with Crippen LogP contribution >= 0.6 is 0 Å². The average Bonchev–Trinajstić information content (AvgIpc) is 2.91. The smallest absolute Gasteiger partial charge is 0.341 e. The van der Waals surface area contributed by atoms with Crippen molar-refractivity contribution in [2.75, 3.05) is 0 Å². The fourth-order valence-electron chi connectivity index (χ4n) is 2.66. The third-order valence-corrected chi connectivity index (χ3v) is 3.48. The van der Waals surface area contributed by atoms with Gasteiger partial charge >= 0.3 is 5.97 Å². The van der Waals surface area contributed by atoms with E-state index in [0.717, 1.165) is 12.8 Å². The normalized spacial score (nSPS) is 29.5. The van der Waals surface area contributed by atoms with Gasteiger partial charge in [0.2, 0.25) is 5.88 Å². The molecule has 0 radical (unpaired) electrons. The van der Waals surface area contributed by atoms with Crippen LogP contribution in [0, 0.1) is 11.8 Å². The number of carbonyl (C=O) groups is 1. The standard InChI is InChI=1S/C13H13NO3/c15-13(16)10-2-1-5-14-12(10)17-11-7-8-3-4-9(11)6-8/h1-5,8-9,11H,6-7H2,(H,15,16). The summed E-state index contributed by atoms with van der Waals surface area (Å²) in [5, 5.41) is 9.04. The maximum atomic E-state index is 11.0. The van der Waals surface area contributed by atoms with E-state index in [-0.39, 0.29) is 17.5 Å². The van der Waals surface area contributed by atoms with Crippen LogP contribution in [0.1, 0.15) is 23.2 Å². The molecule has 0 aromatic carbocycles. The first-order chi connectivity index (χ1) is 8.24. The largest absolute Gasteiger partial charge is 0.477 e. The molecule has 1 saturated carbocycles. The fourth-order valence-corrected chi connectivity index (χ4v) is 2.66. The summed E-state index contributed by atoms with van der Waals surface area (Å²) in [5.41, 5.74) is 0.138. The Kier molecular flexibility index (Phi) is 2.35. The Morgan fingerprint density at radius 3 is 2.94 bits per heavy atom. The number of nitrogens with zero attached hydrogens (tertiary/aromatic N) is 1. The molecule has 1 heterocycles. The Bertz CT molecular complexity index is 483. The minimum atomic E-state index is -0.994. The molecule has 0 spiro atoms. The van der Waals surface area contributed by atoms with Gasteiger partial charge in [0.25, 0.3) is 0 Å². The second-order valence-electron chi connectivity index (χ2n) is 4.60. The molecule has 2 aliphatic carbocycles. The summed E-state index contributed by atoms with van der Waals surface area (Å²) in [6.45, 7) is 0. The fraction of sp³-hybridized carbons (Fsp3) is 0.385. The number of hydrogen-bond donors (Lipinski definition) is 1. The number of hydrogen-bond acceptors (Lipinski definition) is 3. The lowest BCUT2D eigenvalue weighted by Crippen LogP contribution is -2.23. The molecule has 0 aliphatic heterocycles. The molecule has 4 nitrogen and oxygen atoms in total. The Morgan fingerprint density at radius 1 is 1.41 bits per heavy atom. The van der Waals surface area contributed by atoms with Crippen LogP contribution in [-0.2, 0) is 0 Å². The lowest BCUT2D eigenvalue weighted by atomic mass is 10.0. The van der Waals surface area contributed by atoms with Gasteiger partial charge in [0.05, 0.1) is 0 Å². The molecule has 3 atom stereocenters. The SMILES string of the molecule is O=C(O)c1cccnc1OC1CC2C=CC1C2. The van der Waals surface area contributed by atoms with Gasteiger partial charge in [-0.15, -0.1) is 0 Å². The highest BCUT2D eigenvalue weighted by Gasteiger charge is 2.37. The molecule has 3 rings (SSSR count). The first kappa shape index (κ1) is 10.3. The topological polar surface area (TPSA) is 59.4 Å². The van der Waals surface area contributed by atoms with E-state index in [9.17, 15) is 4.79 Å². The molecule has 0 amide bonds. The quantitative estimate of drug-likeness (QED) is 0.809. The van der Waals surface area contributed by atoms with Gasteiger partial charge in [-0.3, -0.25) is 0 Å². The number of pyridine rings is 1. The zero-order chi connectivity index (χ0) is 11.8. The van der Waals surface area contributed by atoms with Crippen LogP contribution in [0.4, 0.5) is 0 Å². The molecule has 2 bridgehead atoms. The Labute approximate surface area is 98.9 Å². The van der Waals surface area contributed by atoms with E-state index < -0.39 is 5.97 Å². The second kappa shape index (κ2) is 3.87. The third-order valence-electron chi connectivity index (χ3n) is 3.48. The number of aromatic carboxylic acids is 1. The van der Waals surface area contributed by atoms with Gasteiger partial charge in [-0.1, -0.05) is 12.2 Å². The van der Waals surface area contributed by atoms with E-state index in [2.05, 4.69) is 17.1 Å². The predicted octanol–water partition coefficient (Wildman–Crippen LogP) is 2.12. The van der Waals surface area contributed by atoms with Crippen LogP contribution in [0.5, 0.6) is 5.88 Å². The van der Waals surface area contributed by atoms with Crippen molar-refractivity contribution in [3.63, 3.8) is 0 Å². The summed E-state index contributed by atoms with van der Waals surface area (Å²) < 4.78 is 5.76. The molecule has 0 saturated heterocycles. The lowest BCUT2D eigenvalue weighted by molar-refractivity contribution is 0.0685. The molecule has 1 fully saturated rings. The minimum absolute atomic E-state index is 0.0815. The van der Waals surface area contributed by atoms with Gasteiger partial charge in [-0.05, 0) is 30.9 Å². The van der Waals surface area contributed by atoms with Crippen LogP contribution in [0.15, 0.2) is 30.5 Å². The van der Waals surface area contributed by atoms with E-state index in [4.69, 9.17) is 9.84 Å². The molecule has 3 unspecified atom stereocenters. The highest BCUT2D eigenvalue weighted by atomic mass is 16.5. The molecule has 1 aromatic heterocycles. The van der Waals surface area contributed by atoms with Crippen LogP contribution in [0.2, 0.25) is 0 Å². The molecular weight excluding hydrogens is 218 g/mol. The van der Waals surface area contributed by atoms with E-state index in [1.807, 2.05) is 0 Å². The van der Waals surface area contributed by atoms with Crippen LogP contribution in [-0.4, -0.2) is 22.2 Å². The van der Waals surface area contributed by atoms with E-state index in [1.165, 1.54) is 6.07 Å². The van der Waals surface area contributed by atoms with Crippen molar-refractivity contribution in [3.05, 3.63) is 36.0 Å². The van der Waals surface area contributed by atoms with Gasteiger partial charge in [-0.2, -0.15) is 0 Å². The number of rotatable bonds is 3. The maximum Gasteiger partial charge on any atom is 0.341 e. The van der Waals surface area contributed by atoms with Crippen LogP contribution in [0.3, 0.4) is 0 Å². The first-order valence-electron chi connectivity index (χ1n) is 5.77. The zero-order valence-electron chi connectivity index (χ0n) is 9.24. The zero-order valence-corrected chi connectivity index (χ0v) is 9.24.